The molecule has 11 heteroatoms. The molecule has 1 amide bonds. The summed E-state index contributed by atoms with van der Waals surface area (Å²) in [5.41, 5.74) is 8.11. The van der Waals surface area contributed by atoms with Gasteiger partial charge in [0.2, 0.25) is 5.91 Å². The largest absolute Gasteiger partial charge is 0.497 e. The molecular formula is C21H29N5O5S. The van der Waals surface area contributed by atoms with Gasteiger partial charge in [-0.1, -0.05) is 0 Å². The minimum Gasteiger partial charge on any atom is -0.497 e. The Bertz CT molecular complexity index is 973. The molecule has 1 fully saturated rings. The Labute approximate surface area is 191 Å². The number of fused-ring (bicyclic) bond motifs is 1. The summed E-state index contributed by atoms with van der Waals surface area (Å²) in [5, 5.41) is 16.7. The lowest BCUT2D eigenvalue weighted by molar-refractivity contribution is -0.247. The van der Waals surface area contributed by atoms with Gasteiger partial charge in [0.1, 0.15) is 17.6 Å². The molecule has 0 bridgehead atoms. The van der Waals surface area contributed by atoms with Crippen LogP contribution in [0.2, 0.25) is 0 Å². The molecular weight excluding hydrogens is 434 g/mol. The predicted molar refractivity (Wildman–Crippen MR) is 124 cm³/mol. The lowest BCUT2D eigenvalue weighted by Gasteiger charge is -2.17. The van der Waals surface area contributed by atoms with Crippen LogP contribution in [-0.4, -0.2) is 73.6 Å². The maximum absolute atomic E-state index is 12.3. The SMILES string of the molecule is CNCS/C=C(\N)c1cc(O[C@@H]2CC(C(=O)NCOO)N(C)C2)c2ccc(OC)cc2n1. The van der Waals surface area contributed by atoms with Gasteiger partial charge in [0.05, 0.1) is 30.1 Å². The van der Waals surface area contributed by atoms with Crippen molar-refractivity contribution in [3.8, 4) is 11.5 Å². The van der Waals surface area contributed by atoms with Crippen LogP contribution in [0.3, 0.4) is 0 Å². The zero-order valence-electron chi connectivity index (χ0n) is 18.3. The molecule has 1 aromatic carbocycles. The third-order valence-corrected chi connectivity index (χ3v) is 6.01. The molecule has 2 aromatic rings. The molecule has 2 atom stereocenters. The molecule has 174 valence electrons. The molecule has 0 spiro atoms. The molecule has 0 radical (unpaired) electrons. The van der Waals surface area contributed by atoms with E-state index in [1.54, 1.807) is 7.11 Å². The molecule has 0 saturated carbocycles. The number of thioether (sulfide) groups is 1. The topological polar surface area (TPSA) is 131 Å². The van der Waals surface area contributed by atoms with Crippen molar-refractivity contribution in [2.75, 3.05) is 40.4 Å². The fourth-order valence-corrected chi connectivity index (χ4v) is 4.12. The predicted octanol–water partition coefficient (Wildman–Crippen LogP) is 1.43. The third kappa shape index (κ3) is 5.81. The molecule has 10 nitrogen and oxygen atoms in total. The van der Waals surface area contributed by atoms with Gasteiger partial charge in [0, 0.05) is 36.4 Å². The molecule has 1 aromatic heterocycles. The van der Waals surface area contributed by atoms with Crippen LogP contribution >= 0.6 is 11.8 Å². The number of benzene rings is 1. The highest BCUT2D eigenvalue weighted by Crippen LogP contribution is 2.32. The van der Waals surface area contributed by atoms with Crippen molar-refractivity contribution in [2.24, 2.45) is 5.73 Å². The Morgan fingerprint density at radius 1 is 1.44 bits per heavy atom. The number of methoxy groups -OCH3 is 1. The minimum absolute atomic E-state index is 0.213. The summed E-state index contributed by atoms with van der Waals surface area (Å²) in [6.45, 7) is 0.308. The summed E-state index contributed by atoms with van der Waals surface area (Å²) in [7, 11) is 5.33. The average Bonchev–Trinajstić information content (AvgIpc) is 3.16. The normalized spacial score (nSPS) is 19.3. The van der Waals surface area contributed by atoms with E-state index in [0.29, 0.717) is 41.4 Å². The minimum atomic E-state index is -0.384. The van der Waals surface area contributed by atoms with Gasteiger partial charge in [-0.05, 0) is 31.6 Å². The summed E-state index contributed by atoms with van der Waals surface area (Å²) < 4.78 is 11.7. The smallest absolute Gasteiger partial charge is 0.239 e. The van der Waals surface area contributed by atoms with Crippen molar-refractivity contribution in [3.63, 3.8) is 0 Å². The number of nitrogens with zero attached hydrogens (tertiary/aromatic N) is 2. The monoisotopic (exact) mass is 463 g/mol. The Morgan fingerprint density at radius 3 is 2.97 bits per heavy atom. The van der Waals surface area contributed by atoms with Crippen LogP contribution in [0.15, 0.2) is 29.7 Å². The summed E-state index contributed by atoms with van der Waals surface area (Å²) >= 11 is 1.54. The van der Waals surface area contributed by atoms with E-state index in [4.69, 9.17) is 25.4 Å². The zero-order valence-corrected chi connectivity index (χ0v) is 19.1. The lowest BCUT2D eigenvalue weighted by atomic mass is 10.1. The van der Waals surface area contributed by atoms with Crippen LogP contribution in [0, 0.1) is 0 Å². The van der Waals surface area contributed by atoms with Gasteiger partial charge in [-0.3, -0.25) is 9.69 Å². The van der Waals surface area contributed by atoms with Crippen molar-refractivity contribution in [3.05, 3.63) is 35.4 Å². The fourth-order valence-electron chi connectivity index (χ4n) is 3.57. The molecule has 3 rings (SSSR count). The van der Waals surface area contributed by atoms with Crippen LogP contribution < -0.4 is 25.8 Å². The summed E-state index contributed by atoms with van der Waals surface area (Å²) in [4.78, 5) is 22.9. The first kappa shape index (κ1) is 24.1. The van der Waals surface area contributed by atoms with Crippen LogP contribution in [-0.2, 0) is 9.68 Å². The van der Waals surface area contributed by atoms with E-state index in [0.717, 1.165) is 11.3 Å². The molecule has 32 heavy (non-hydrogen) atoms. The second-order valence-corrected chi connectivity index (χ2v) is 8.23. The van der Waals surface area contributed by atoms with Crippen molar-refractivity contribution in [1.29, 1.82) is 0 Å². The van der Waals surface area contributed by atoms with Crippen LogP contribution in [0.1, 0.15) is 12.1 Å². The van der Waals surface area contributed by atoms with E-state index in [2.05, 4.69) is 15.5 Å². The molecule has 1 saturated heterocycles. The Hall–Kier alpha value is -2.57. The number of nitrogens with two attached hydrogens (primary N) is 1. The number of nitrogens with one attached hydrogen (secondary N) is 2. The maximum Gasteiger partial charge on any atom is 0.239 e. The number of rotatable bonds is 10. The van der Waals surface area contributed by atoms with E-state index >= 15 is 0 Å². The second-order valence-electron chi connectivity index (χ2n) is 7.37. The quantitative estimate of drug-likeness (QED) is 0.178. The first-order chi connectivity index (χ1) is 15.5. The van der Waals surface area contributed by atoms with Gasteiger partial charge < -0.3 is 25.8 Å². The first-order valence-electron chi connectivity index (χ1n) is 10.1. The standard InChI is InChI=1S/C21H29N5O5S/c1-23-12-32-10-16(22)18-8-20(15-5-4-13(29-3)6-17(15)25-18)31-14-7-19(26(2)9-14)21(27)24-11-30-28/h4-6,8,10,14,19,23,28H,7,9,11-12,22H2,1-3H3,(H,24,27)/b16-10-/t14-,19?/m1/s1. The van der Waals surface area contributed by atoms with Crippen molar-refractivity contribution >= 4 is 34.3 Å². The van der Waals surface area contributed by atoms with Crippen LogP contribution in [0.4, 0.5) is 0 Å². The van der Waals surface area contributed by atoms with Crippen molar-refractivity contribution in [2.45, 2.75) is 18.6 Å². The highest BCUT2D eigenvalue weighted by atomic mass is 32.2. The number of ether oxygens (including phenoxy) is 2. The van der Waals surface area contributed by atoms with E-state index in [9.17, 15) is 4.79 Å². The maximum atomic E-state index is 12.3. The van der Waals surface area contributed by atoms with Gasteiger partial charge in [0.15, 0.2) is 6.73 Å². The lowest BCUT2D eigenvalue weighted by Crippen LogP contribution is -2.42. The number of amides is 1. The average molecular weight is 464 g/mol. The highest BCUT2D eigenvalue weighted by Gasteiger charge is 2.36. The molecule has 1 aliphatic heterocycles. The number of likely N-dealkylation sites (tertiary alicyclic amines) is 1. The zero-order chi connectivity index (χ0) is 23.1. The van der Waals surface area contributed by atoms with E-state index < -0.39 is 0 Å². The number of likely N-dealkylation sites (N-methyl/N-ethyl adjacent to an activating group) is 1. The van der Waals surface area contributed by atoms with E-state index in [1.165, 1.54) is 11.8 Å². The van der Waals surface area contributed by atoms with Gasteiger partial charge in [-0.25, -0.2) is 15.1 Å². The summed E-state index contributed by atoms with van der Waals surface area (Å²) in [6, 6.07) is 7.03. The van der Waals surface area contributed by atoms with E-state index in [-0.39, 0.29) is 24.8 Å². The Kier molecular flexibility index (Phi) is 8.53. The fraction of sp³-hybridized carbons (Fsp3) is 0.429. The number of carbonyl (C=O) groups is 1. The second kappa shape index (κ2) is 11.3. The first-order valence-corrected chi connectivity index (χ1v) is 11.1. The summed E-state index contributed by atoms with van der Waals surface area (Å²) in [5.74, 6) is 1.82. The van der Waals surface area contributed by atoms with Gasteiger partial charge >= 0.3 is 0 Å². The summed E-state index contributed by atoms with van der Waals surface area (Å²) in [6.07, 6.45) is 0.280. The molecule has 1 aliphatic rings. The van der Waals surface area contributed by atoms with E-state index in [1.807, 2.05) is 48.7 Å². The number of hydrogen-bond acceptors (Lipinski definition) is 10. The Balaban J connectivity index is 1.88. The number of carbonyl (C=O) groups excluding carboxylic acids is 1. The highest BCUT2D eigenvalue weighted by molar-refractivity contribution is 8.02. The van der Waals surface area contributed by atoms with Crippen LogP contribution in [0.5, 0.6) is 11.5 Å². The number of aromatic nitrogens is 1. The third-order valence-electron chi connectivity index (χ3n) is 5.13. The van der Waals surface area contributed by atoms with Gasteiger partial charge in [-0.2, -0.15) is 0 Å². The van der Waals surface area contributed by atoms with Gasteiger partial charge in [-0.15, -0.1) is 11.8 Å². The molecule has 0 aliphatic carbocycles. The number of pyridine rings is 1. The number of hydrogen-bond donors (Lipinski definition) is 4. The molecule has 5 N–H and O–H groups in total. The Morgan fingerprint density at radius 2 is 2.25 bits per heavy atom. The van der Waals surface area contributed by atoms with Crippen molar-refractivity contribution < 1.29 is 24.4 Å². The van der Waals surface area contributed by atoms with Gasteiger partial charge in [0.25, 0.3) is 0 Å². The van der Waals surface area contributed by atoms with Crippen LogP contribution in [0.25, 0.3) is 16.6 Å². The van der Waals surface area contributed by atoms with Crippen molar-refractivity contribution in [1.82, 2.24) is 20.5 Å². The molecule has 1 unspecified atom stereocenters. The molecule has 2 heterocycles.